The van der Waals surface area contributed by atoms with Gasteiger partial charge in [-0.25, -0.2) is 0 Å². The molecule has 118 valence electrons. The summed E-state index contributed by atoms with van der Waals surface area (Å²) >= 11 is 5.96. The summed E-state index contributed by atoms with van der Waals surface area (Å²) in [7, 11) is 0. The third kappa shape index (κ3) is 2.40. The standard InChI is InChI=1S/C15H14ClN5O2/c16-10-1-2-13-11(7-10)18-15(23-13)21-6-5-20-4-3-19(9-17)8-12(20)14(21)22/h1-2,7,12H,3-6,8H2. The smallest absolute Gasteiger partial charge is 0.305 e. The zero-order valence-electron chi connectivity index (χ0n) is 12.3. The Morgan fingerprint density at radius 2 is 2.13 bits per heavy atom. The van der Waals surface area contributed by atoms with E-state index in [0.717, 1.165) is 13.1 Å². The Morgan fingerprint density at radius 3 is 2.96 bits per heavy atom. The van der Waals surface area contributed by atoms with Crippen molar-refractivity contribution in [1.29, 1.82) is 5.26 Å². The molecule has 0 radical (unpaired) electrons. The van der Waals surface area contributed by atoms with Crippen LogP contribution in [0.1, 0.15) is 0 Å². The third-order valence-electron chi connectivity index (χ3n) is 4.36. The highest BCUT2D eigenvalue weighted by molar-refractivity contribution is 6.31. The Kier molecular flexibility index (Phi) is 3.36. The van der Waals surface area contributed by atoms with E-state index in [2.05, 4.69) is 16.1 Å². The molecule has 1 amide bonds. The van der Waals surface area contributed by atoms with Gasteiger partial charge in [-0.2, -0.15) is 10.2 Å². The normalized spacial score (nSPS) is 22.3. The van der Waals surface area contributed by atoms with Crippen molar-refractivity contribution >= 4 is 34.6 Å². The number of nitriles is 1. The molecule has 3 heterocycles. The summed E-state index contributed by atoms with van der Waals surface area (Å²) in [5.74, 6) is -0.0751. The van der Waals surface area contributed by atoms with Crippen molar-refractivity contribution in [3.05, 3.63) is 23.2 Å². The highest BCUT2D eigenvalue weighted by Crippen LogP contribution is 2.27. The first-order valence-corrected chi connectivity index (χ1v) is 7.80. The van der Waals surface area contributed by atoms with Gasteiger partial charge in [-0.3, -0.25) is 14.6 Å². The number of fused-ring (bicyclic) bond motifs is 2. The van der Waals surface area contributed by atoms with Gasteiger partial charge in [0, 0.05) is 31.2 Å². The van der Waals surface area contributed by atoms with E-state index in [4.69, 9.17) is 21.3 Å². The first-order chi connectivity index (χ1) is 11.2. The number of hydrogen-bond donors (Lipinski definition) is 0. The highest BCUT2D eigenvalue weighted by Gasteiger charge is 2.40. The summed E-state index contributed by atoms with van der Waals surface area (Å²) in [5, 5.41) is 9.64. The van der Waals surface area contributed by atoms with Gasteiger partial charge in [0.2, 0.25) is 5.91 Å². The maximum absolute atomic E-state index is 12.8. The van der Waals surface area contributed by atoms with Crippen LogP contribution in [-0.2, 0) is 4.79 Å². The van der Waals surface area contributed by atoms with Crippen molar-refractivity contribution in [2.75, 3.05) is 37.6 Å². The molecule has 1 aromatic heterocycles. The molecule has 2 fully saturated rings. The first-order valence-electron chi connectivity index (χ1n) is 7.42. The molecule has 2 saturated heterocycles. The Hall–Kier alpha value is -2.30. The zero-order valence-corrected chi connectivity index (χ0v) is 13.0. The molecule has 2 aromatic rings. The average molecular weight is 332 g/mol. The van der Waals surface area contributed by atoms with Crippen LogP contribution in [0.3, 0.4) is 0 Å². The maximum Gasteiger partial charge on any atom is 0.305 e. The third-order valence-corrected chi connectivity index (χ3v) is 4.60. The molecule has 1 unspecified atom stereocenters. The van der Waals surface area contributed by atoms with E-state index in [1.807, 2.05) is 0 Å². The van der Waals surface area contributed by atoms with Gasteiger partial charge in [-0.15, -0.1) is 0 Å². The van der Waals surface area contributed by atoms with Crippen LogP contribution >= 0.6 is 11.6 Å². The number of rotatable bonds is 1. The topological polar surface area (TPSA) is 76.6 Å². The number of halogens is 1. The number of anilines is 1. The van der Waals surface area contributed by atoms with E-state index in [9.17, 15) is 4.79 Å². The van der Waals surface area contributed by atoms with E-state index in [1.165, 1.54) is 0 Å². The minimum absolute atomic E-state index is 0.0751. The molecule has 0 saturated carbocycles. The maximum atomic E-state index is 12.8. The van der Waals surface area contributed by atoms with Crippen LogP contribution in [0.25, 0.3) is 11.1 Å². The summed E-state index contributed by atoms with van der Waals surface area (Å²) < 4.78 is 5.70. The van der Waals surface area contributed by atoms with Gasteiger partial charge in [0.25, 0.3) is 0 Å². The largest absolute Gasteiger partial charge is 0.423 e. The van der Waals surface area contributed by atoms with E-state index < -0.39 is 0 Å². The molecule has 4 rings (SSSR count). The van der Waals surface area contributed by atoms with Gasteiger partial charge < -0.3 is 9.32 Å². The fourth-order valence-corrected chi connectivity index (χ4v) is 3.29. The predicted molar refractivity (Wildman–Crippen MR) is 83.9 cm³/mol. The van der Waals surface area contributed by atoms with Crippen molar-refractivity contribution in [1.82, 2.24) is 14.8 Å². The van der Waals surface area contributed by atoms with Crippen molar-refractivity contribution in [3.63, 3.8) is 0 Å². The van der Waals surface area contributed by atoms with Crippen LogP contribution < -0.4 is 4.90 Å². The number of carbonyl (C=O) groups excluding carboxylic acids is 1. The number of benzene rings is 1. The zero-order chi connectivity index (χ0) is 16.0. The predicted octanol–water partition coefficient (Wildman–Crippen LogP) is 1.30. The Balaban J connectivity index is 1.63. The second kappa shape index (κ2) is 5.41. The monoisotopic (exact) mass is 331 g/mol. The number of oxazole rings is 1. The fourth-order valence-electron chi connectivity index (χ4n) is 3.13. The first kappa shape index (κ1) is 14.3. The molecule has 2 aliphatic rings. The van der Waals surface area contributed by atoms with Crippen molar-refractivity contribution < 1.29 is 9.21 Å². The van der Waals surface area contributed by atoms with Crippen LogP contribution in [0.4, 0.5) is 6.01 Å². The Morgan fingerprint density at radius 1 is 1.30 bits per heavy atom. The summed E-state index contributed by atoms with van der Waals surface area (Å²) in [6, 6.07) is 5.15. The molecule has 0 N–H and O–H groups in total. The highest BCUT2D eigenvalue weighted by atomic mass is 35.5. The average Bonchev–Trinajstić information content (AvgIpc) is 2.97. The molecular weight excluding hydrogens is 318 g/mol. The van der Waals surface area contributed by atoms with Crippen LogP contribution in [0.15, 0.2) is 22.6 Å². The summed E-state index contributed by atoms with van der Waals surface area (Å²) in [6.45, 7) is 3.08. The number of aromatic nitrogens is 1. The molecule has 0 aliphatic carbocycles. The number of amides is 1. The van der Waals surface area contributed by atoms with Crippen molar-refractivity contribution in [2.24, 2.45) is 0 Å². The lowest BCUT2D eigenvalue weighted by atomic mass is 10.1. The van der Waals surface area contributed by atoms with E-state index in [0.29, 0.717) is 41.8 Å². The molecule has 0 spiro atoms. The molecule has 2 aliphatic heterocycles. The second-order valence-electron chi connectivity index (χ2n) is 5.70. The number of hydrogen-bond acceptors (Lipinski definition) is 6. The lowest BCUT2D eigenvalue weighted by molar-refractivity contribution is -0.128. The van der Waals surface area contributed by atoms with Gasteiger partial charge in [-0.1, -0.05) is 11.6 Å². The SMILES string of the molecule is N#CN1CCN2CCN(c3nc4cc(Cl)ccc4o3)C(=O)C2C1. The minimum atomic E-state index is -0.323. The number of piperazine rings is 2. The van der Waals surface area contributed by atoms with Crippen LogP contribution in [0, 0.1) is 11.5 Å². The van der Waals surface area contributed by atoms with Crippen molar-refractivity contribution in [3.8, 4) is 6.19 Å². The fraction of sp³-hybridized carbons (Fsp3) is 0.400. The van der Waals surface area contributed by atoms with Gasteiger partial charge in [0.15, 0.2) is 11.8 Å². The van der Waals surface area contributed by atoms with Crippen LogP contribution in [0.2, 0.25) is 5.02 Å². The molecule has 7 nitrogen and oxygen atoms in total. The Labute approximate surface area is 137 Å². The molecule has 1 aromatic carbocycles. The summed E-state index contributed by atoms with van der Waals surface area (Å²) in [4.78, 5) is 22.5. The number of nitrogens with zero attached hydrogens (tertiary/aromatic N) is 5. The van der Waals surface area contributed by atoms with E-state index in [-0.39, 0.29) is 11.9 Å². The Bertz CT molecular complexity index is 814. The van der Waals surface area contributed by atoms with Gasteiger partial charge in [0.1, 0.15) is 11.6 Å². The molecule has 1 atom stereocenters. The molecule has 23 heavy (non-hydrogen) atoms. The van der Waals surface area contributed by atoms with Crippen LogP contribution in [-0.4, -0.2) is 59.5 Å². The van der Waals surface area contributed by atoms with Gasteiger partial charge >= 0.3 is 6.01 Å². The summed E-state index contributed by atoms with van der Waals surface area (Å²) in [6.07, 6.45) is 2.12. The van der Waals surface area contributed by atoms with E-state index in [1.54, 1.807) is 28.0 Å². The van der Waals surface area contributed by atoms with E-state index >= 15 is 0 Å². The number of carbonyl (C=O) groups is 1. The van der Waals surface area contributed by atoms with Gasteiger partial charge in [0.05, 0.1) is 6.54 Å². The lowest BCUT2D eigenvalue weighted by Crippen LogP contribution is -2.64. The molecule has 8 heteroatoms. The quantitative estimate of drug-likeness (QED) is 0.733. The summed E-state index contributed by atoms with van der Waals surface area (Å²) in [5.41, 5.74) is 1.23. The second-order valence-corrected chi connectivity index (χ2v) is 6.13. The minimum Gasteiger partial charge on any atom is -0.423 e. The van der Waals surface area contributed by atoms with Gasteiger partial charge in [-0.05, 0) is 18.2 Å². The van der Waals surface area contributed by atoms with Crippen molar-refractivity contribution in [2.45, 2.75) is 6.04 Å². The molecular formula is C15H14ClN5O2. The van der Waals surface area contributed by atoms with Crippen LogP contribution in [0.5, 0.6) is 0 Å². The molecule has 0 bridgehead atoms. The lowest BCUT2D eigenvalue weighted by Gasteiger charge is -2.43.